The second kappa shape index (κ2) is 5.21. The summed E-state index contributed by atoms with van der Waals surface area (Å²) in [5.74, 6) is 1.32. The first-order valence-electron chi connectivity index (χ1n) is 6.59. The maximum absolute atomic E-state index is 6.32. The van der Waals surface area contributed by atoms with Crippen molar-refractivity contribution in [3.05, 3.63) is 34.5 Å². The van der Waals surface area contributed by atoms with Gasteiger partial charge in [0.1, 0.15) is 16.7 Å². The average Bonchev–Trinajstić information content (AvgIpc) is 2.64. The van der Waals surface area contributed by atoms with E-state index in [-0.39, 0.29) is 0 Å². The summed E-state index contributed by atoms with van der Waals surface area (Å²) in [5.41, 5.74) is 2.94. The van der Waals surface area contributed by atoms with E-state index in [1.54, 1.807) is 6.20 Å². The minimum atomic E-state index is 0.582. The molecule has 1 aliphatic carbocycles. The molecule has 0 bridgehead atoms. The third-order valence-corrected chi connectivity index (χ3v) is 3.70. The number of aryl methyl sites for hydroxylation is 2. The molecule has 0 saturated heterocycles. The van der Waals surface area contributed by atoms with Gasteiger partial charge in [0, 0.05) is 17.5 Å². The summed E-state index contributed by atoms with van der Waals surface area (Å²) in [6, 6.07) is 1.82. The summed E-state index contributed by atoms with van der Waals surface area (Å²) in [5, 5.41) is 0.582. The molecule has 0 amide bonds. The molecule has 3 rings (SSSR count). The quantitative estimate of drug-likeness (QED) is 0.592. The van der Waals surface area contributed by atoms with Crippen molar-refractivity contribution in [1.82, 2.24) is 19.9 Å². The van der Waals surface area contributed by atoms with E-state index < -0.39 is 0 Å². The highest BCUT2D eigenvalue weighted by Gasteiger charge is 2.16. The Morgan fingerprint density at radius 3 is 2.74 bits per heavy atom. The third-order valence-electron chi connectivity index (χ3n) is 3.39. The molecular formula is C14H15ClN4. The van der Waals surface area contributed by atoms with E-state index in [4.69, 9.17) is 11.6 Å². The molecule has 0 N–H and O–H groups in total. The lowest BCUT2D eigenvalue weighted by Gasteiger charge is -2.09. The van der Waals surface area contributed by atoms with Crippen molar-refractivity contribution >= 4 is 11.6 Å². The lowest BCUT2D eigenvalue weighted by Crippen LogP contribution is -2.03. The molecule has 5 heteroatoms. The van der Waals surface area contributed by atoms with Gasteiger partial charge in [0.05, 0.1) is 0 Å². The van der Waals surface area contributed by atoms with Crippen molar-refractivity contribution in [2.75, 3.05) is 0 Å². The van der Waals surface area contributed by atoms with Crippen LogP contribution in [0.3, 0.4) is 0 Å². The van der Waals surface area contributed by atoms with Crippen LogP contribution in [0.1, 0.15) is 36.3 Å². The average molecular weight is 275 g/mol. The SMILES string of the molecule is Cc1nccc(-c2nc(Cl)c3c(n2)CCCCC3)n1. The second-order valence-corrected chi connectivity index (χ2v) is 5.17. The van der Waals surface area contributed by atoms with Crippen LogP contribution in [0.4, 0.5) is 0 Å². The molecule has 19 heavy (non-hydrogen) atoms. The van der Waals surface area contributed by atoms with Crippen LogP contribution in [0.5, 0.6) is 0 Å². The van der Waals surface area contributed by atoms with E-state index in [9.17, 15) is 0 Å². The van der Waals surface area contributed by atoms with Crippen molar-refractivity contribution in [3.63, 3.8) is 0 Å². The fourth-order valence-electron chi connectivity index (χ4n) is 2.42. The van der Waals surface area contributed by atoms with Crippen LogP contribution in [-0.4, -0.2) is 19.9 Å². The van der Waals surface area contributed by atoms with Crippen LogP contribution in [0.25, 0.3) is 11.5 Å². The predicted octanol–water partition coefficient (Wildman–Crippen LogP) is 3.16. The summed E-state index contributed by atoms with van der Waals surface area (Å²) >= 11 is 6.32. The summed E-state index contributed by atoms with van der Waals surface area (Å²) in [6.45, 7) is 1.86. The summed E-state index contributed by atoms with van der Waals surface area (Å²) < 4.78 is 0. The maximum Gasteiger partial charge on any atom is 0.179 e. The first-order valence-corrected chi connectivity index (χ1v) is 6.97. The Bertz CT molecular complexity index is 612. The molecule has 2 heterocycles. The monoisotopic (exact) mass is 274 g/mol. The van der Waals surface area contributed by atoms with Crippen molar-refractivity contribution in [2.45, 2.75) is 39.0 Å². The summed E-state index contributed by atoms with van der Waals surface area (Å²) in [4.78, 5) is 17.5. The highest BCUT2D eigenvalue weighted by Crippen LogP contribution is 2.26. The number of aromatic nitrogens is 4. The number of halogens is 1. The van der Waals surface area contributed by atoms with Gasteiger partial charge >= 0.3 is 0 Å². The smallest absolute Gasteiger partial charge is 0.179 e. The molecule has 4 nitrogen and oxygen atoms in total. The lowest BCUT2D eigenvalue weighted by atomic mass is 10.1. The van der Waals surface area contributed by atoms with Gasteiger partial charge in [-0.25, -0.2) is 19.9 Å². The highest BCUT2D eigenvalue weighted by atomic mass is 35.5. The van der Waals surface area contributed by atoms with Gasteiger partial charge in [-0.3, -0.25) is 0 Å². The number of fused-ring (bicyclic) bond motifs is 1. The van der Waals surface area contributed by atoms with Crippen molar-refractivity contribution in [2.24, 2.45) is 0 Å². The Morgan fingerprint density at radius 1 is 1.05 bits per heavy atom. The van der Waals surface area contributed by atoms with Crippen molar-refractivity contribution in [1.29, 1.82) is 0 Å². The highest BCUT2D eigenvalue weighted by molar-refractivity contribution is 6.30. The first-order chi connectivity index (χ1) is 9.24. The van der Waals surface area contributed by atoms with Crippen molar-refractivity contribution < 1.29 is 0 Å². The number of hydrogen-bond acceptors (Lipinski definition) is 4. The van der Waals surface area contributed by atoms with Gasteiger partial charge in [0.25, 0.3) is 0 Å². The molecule has 0 aliphatic heterocycles. The Kier molecular flexibility index (Phi) is 3.42. The second-order valence-electron chi connectivity index (χ2n) is 4.81. The fraction of sp³-hybridized carbons (Fsp3) is 0.429. The minimum absolute atomic E-state index is 0.582. The van der Waals surface area contributed by atoms with E-state index >= 15 is 0 Å². The molecule has 1 aliphatic rings. The molecule has 2 aromatic heterocycles. The first kappa shape index (κ1) is 12.5. The lowest BCUT2D eigenvalue weighted by molar-refractivity contribution is 0.709. The zero-order valence-corrected chi connectivity index (χ0v) is 11.6. The zero-order valence-electron chi connectivity index (χ0n) is 10.9. The largest absolute Gasteiger partial charge is 0.242 e. The molecule has 0 unspecified atom stereocenters. The molecular weight excluding hydrogens is 260 g/mol. The normalized spacial score (nSPS) is 14.8. The van der Waals surface area contributed by atoms with E-state index in [0.29, 0.717) is 16.8 Å². The predicted molar refractivity (Wildman–Crippen MR) is 74.1 cm³/mol. The maximum atomic E-state index is 6.32. The Hall–Kier alpha value is -1.55. The number of hydrogen-bond donors (Lipinski definition) is 0. The molecule has 98 valence electrons. The van der Waals surface area contributed by atoms with Crippen LogP contribution >= 0.6 is 11.6 Å². The van der Waals surface area contributed by atoms with Gasteiger partial charge in [0.15, 0.2) is 5.82 Å². The Labute approximate surface area is 117 Å². The summed E-state index contributed by atoms with van der Waals surface area (Å²) in [6.07, 6.45) is 7.26. The van der Waals surface area contributed by atoms with Crippen LogP contribution in [0.15, 0.2) is 12.3 Å². The minimum Gasteiger partial charge on any atom is -0.242 e. The molecule has 0 atom stereocenters. The van der Waals surface area contributed by atoms with E-state index in [2.05, 4.69) is 19.9 Å². The number of nitrogens with zero attached hydrogens (tertiary/aromatic N) is 4. The summed E-state index contributed by atoms with van der Waals surface area (Å²) in [7, 11) is 0. The topological polar surface area (TPSA) is 51.6 Å². The zero-order chi connectivity index (χ0) is 13.2. The van der Waals surface area contributed by atoms with Gasteiger partial charge in [-0.2, -0.15) is 0 Å². The van der Waals surface area contributed by atoms with Crippen molar-refractivity contribution in [3.8, 4) is 11.5 Å². The fourth-order valence-corrected chi connectivity index (χ4v) is 2.70. The molecule has 0 fully saturated rings. The molecule has 0 spiro atoms. The molecule has 0 aromatic carbocycles. The Morgan fingerprint density at radius 2 is 1.89 bits per heavy atom. The Balaban J connectivity index is 2.09. The van der Waals surface area contributed by atoms with E-state index in [1.807, 2.05) is 13.0 Å². The van der Waals surface area contributed by atoms with Gasteiger partial charge in [-0.1, -0.05) is 18.0 Å². The molecule has 0 saturated carbocycles. The van der Waals surface area contributed by atoms with E-state index in [0.717, 1.165) is 29.8 Å². The van der Waals surface area contributed by atoms with Crippen LogP contribution in [0.2, 0.25) is 5.15 Å². The van der Waals surface area contributed by atoms with Gasteiger partial charge < -0.3 is 0 Å². The third kappa shape index (κ3) is 2.59. The van der Waals surface area contributed by atoms with Gasteiger partial charge in [-0.05, 0) is 38.7 Å². The molecule has 2 aromatic rings. The standard InChI is InChI=1S/C14H15ClN4/c1-9-16-8-7-12(17-9)14-18-11-6-4-2-3-5-10(11)13(15)19-14/h7-8H,2-6H2,1H3. The van der Waals surface area contributed by atoms with E-state index in [1.165, 1.54) is 19.3 Å². The van der Waals surface area contributed by atoms with Gasteiger partial charge in [-0.15, -0.1) is 0 Å². The molecule has 0 radical (unpaired) electrons. The number of rotatable bonds is 1. The van der Waals surface area contributed by atoms with Crippen LogP contribution in [0, 0.1) is 6.92 Å². The van der Waals surface area contributed by atoms with Crippen LogP contribution in [-0.2, 0) is 12.8 Å². The van der Waals surface area contributed by atoms with Gasteiger partial charge in [0.2, 0.25) is 0 Å². The van der Waals surface area contributed by atoms with Crippen LogP contribution < -0.4 is 0 Å².